The standard InChI is InChI=1S/C15H14N4O2/c1-9-6-10(2)14-11(19-21-12(14)7-9)8-13(20)18-15-16-4-3-5-17-15/h3-7H,8H2,1-2H3,(H,16,17,18,20). The summed E-state index contributed by atoms with van der Waals surface area (Å²) >= 11 is 0. The molecule has 3 rings (SSSR count). The monoisotopic (exact) mass is 282 g/mol. The van der Waals surface area contributed by atoms with Crippen molar-refractivity contribution >= 4 is 22.8 Å². The lowest BCUT2D eigenvalue weighted by atomic mass is 10.0. The van der Waals surface area contributed by atoms with Crippen LogP contribution < -0.4 is 5.32 Å². The van der Waals surface area contributed by atoms with Gasteiger partial charge in [-0.3, -0.25) is 10.1 Å². The third kappa shape index (κ3) is 2.74. The van der Waals surface area contributed by atoms with E-state index in [9.17, 15) is 4.79 Å². The van der Waals surface area contributed by atoms with Crippen molar-refractivity contribution < 1.29 is 9.32 Å². The SMILES string of the molecule is Cc1cc(C)c2c(CC(=O)Nc3ncccn3)noc2c1. The molecule has 0 aliphatic rings. The summed E-state index contributed by atoms with van der Waals surface area (Å²) in [4.78, 5) is 19.9. The molecule has 1 N–H and O–H groups in total. The van der Waals surface area contributed by atoms with Gasteiger partial charge in [-0.15, -0.1) is 0 Å². The van der Waals surface area contributed by atoms with Crippen LogP contribution in [0.2, 0.25) is 0 Å². The van der Waals surface area contributed by atoms with Crippen LogP contribution in [0.5, 0.6) is 0 Å². The second-order valence-electron chi connectivity index (χ2n) is 4.88. The van der Waals surface area contributed by atoms with E-state index in [1.54, 1.807) is 18.5 Å². The van der Waals surface area contributed by atoms with Gasteiger partial charge in [0, 0.05) is 17.8 Å². The van der Waals surface area contributed by atoms with Gasteiger partial charge in [0.1, 0.15) is 5.69 Å². The van der Waals surface area contributed by atoms with E-state index in [0.29, 0.717) is 11.3 Å². The number of amides is 1. The first-order chi connectivity index (χ1) is 10.1. The molecule has 0 aliphatic heterocycles. The molecule has 6 heteroatoms. The third-order valence-corrected chi connectivity index (χ3v) is 3.13. The Morgan fingerprint density at radius 1 is 1.24 bits per heavy atom. The van der Waals surface area contributed by atoms with Crippen LogP contribution in [0.1, 0.15) is 16.8 Å². The molecule has 0 unspecified atom stereocenters. The molecule has 0 atom stereocenters. The predicted molar refractivity (Wildman–Crippen MR) is 77.8 cm³/mol. The van der Waals surface area contributed by atoms with E-state index in [4.69, 9.17) is 4.52 Å². The van der Waals surface area contributed by atoms with Gasteiger partial charge in [0.05, 0.1) is 6.42 Å². The fourth-order valence-electron chi connectivity index (χ4n) is 2.33. The van der Waals surface area contributed by atoms with E-state index in [2.05, 4.69) is 20.4 Å². The number of fused-ring (bicyclic) bond motifs is 1. The predicted octanol–water partition coefficient (Wildman–Crippen LogP) is 2.42. The maximum Gasteiger partial charge on any atom is 0.232 e. The van der Waals surface area contributed by atoms with E-state index in [1.807, 2.05) is 26.0 Å². The van der Waals surface area contributed by atoms with Crippen LogP contribution in [0.25, 0.3) is 11.0 Å². The first kappa shape index (κ1) is 13.2. The maximum atomic E-state index is 12.0. The molecule has 0 fully saturated rings. The van der Waals surface area contributed by atoms with Gasteiger partial charge in [-0.05, 0) is 37.1 Å². The minimum absolute atomic E-state index is 0.120. The van der Waals surface area contributed by atoms with Crippen molar-refractivity contribution in [1.82, 2.24) is 15.1 Å². The first-order valence-corrected chi connectivity index (χ1v) is 6.56. The molecule has 0 radical (unpaired) electrons. The summed E-state index contributed by atoms with van der Waals surface area (Å²) < 4.78 is 5.30. The van der Waals surface area contributed by atoms with Crippen LogP contribution in [0, 0.1) is 13.8 Å². The largest absolute Gasteiger partial charge is 0.356 e. The molecule has 0 spiro atoms. The average molecular weight is 282 g/mol. The van der Waals surface area contributed by atoms with E-state index in [1.165, 1.54) is 0 Å². The minimum Gasteiger partial charge on any atom is -0.356 e. The lowest BCUT2D eigenvalue weighted by Gasteiger charge is -2.02. The molecule has 2 aromatic heterocycles. The summed E-state index contributed by atoms with van der Waals surface area (Å²) in [7, 11) is 0. The molecule has 6 nitrogen and oxygen atoms in total. The summed E-state index contributed by atoms with van der Waals surface area (Å²) in [6, 6.07) is 5.64. The lowest BCUT2D eigenvalue weighted by Crippen LogP contribution is -2.16. The molecular weight excluding hydrogens is 268 g/mol. The molecule has 106 valence electrons. The van der Waals surface area contributed by atoms with Crippen LogP contribution in [0.15, 0.2) is 35.1 Å². The Balaban J connectivity index is 1.84. The van der Waals surface area contributed by atoms with Crippen molar-refractivity contribution in [2.75, 3.05) is 5.32 Å². The van der Waals surface area contributed by atoms with Gasteiger partial charge in [-0.25, -0.2) is 9.97 Å². The second-order valence-corrected chi connectivity index (χ2v) is 4.88. The van der Waals surface area contributed by atoms with Crippen molar-refractivity contribution in [1.29, 1.82) is 0 Å². The second kappa shape index (κ2) is 5.32. The van der Waals surface area contributed by atoms with Crippen LogP contribution in [-0.2, 0) is 11.2 Å². The zero-order valence-electron chi connectivity index (χ0n) is 11.8. The average Bonchev–Trinajstić information content (AvgIpc) is 2.82. The van der Waals surface area contributed by atoms with Crippen molar-refractivity contribution in [3.63, 3.8) is 0 Å². The molecule has 0 aliphatic carbocycles. The summed E-state index contributed by atoms with van der Waals surface area (Å²) in [5.74, 6) is 0.0549. The highest BCUT2D eigenvalue weighted by molar-refractivity contribution is 5.94. The molecule has 1 amide bonds. The van der Waals surface area contributed by atoms with Crippen molar-refractivity contribution in [2.45, 2.75) is 20.3 Å². The van der Waals surface area contributed by atoms with E-state index < -0.39 is 0 Å². The fraction of sp³-hybridized carbons (Fsp3) is 0.200. The summed E-state index contributed by atoms with van der Waals surface area (Å²) in [5.41, 5.74) is 3.47. The summed E-state index contributed by atoms with van der Waals surface area (Å²) in [6.07, 6.45) is 3.26. The number of nitrogens with one attached hydrogen (secondary N) is 1. The number of benzene rings is 1. The highest BCUT2D eigenvalue weighted by atomic mass is 16.5. The number of aryl methyl sites for hydroxylation is 2. The Kier molecular flexibility index (Phi) is 3.35. The highest BCUT2D eigenvalue weighted by Gasteiger charge is 2.15. The van der Waals surface area contributed by atoms with Gasteiger partial charge in [0.2, 0.25) is 11.9 Å². The van der Waals surface area contributed by atoms with Crippen molar-refractivity contribution in [2.24, 2.45) is 0 Å². The molecule has 0 saturated carbocycles. The first-order valence-electron chi connectivity index (χ1n) is 6.56. The number of carbonyl (C=O) groups excluding carboxylic acids is 1. The Labute approximate surface area is 121 Å². The zero-order valence-corrected chi connectivity index (χ0v) is 11.8. The van der Waals surface area contributed by atoms with Gasteiger partial charge in [0.25, 0.3) is 0 Å². The number of carbonyl (C=O) groups is 1. The van der Waals surface area contributed by atoms with Crippen LogP contribution in [0.3, 0.4) is 0 Å². The summed E-state index contributed by atoms with van der Waals surface area (Å²) in [5, 5.41) is 7.53. The fourth-order valence-corrected chi connectivity index (χ4v) is 2.33. The van der Waals surface area contributed by atoms with Crippen molar-refractivity contribution in [3.8, 4) is 0 Å². The third-order valence-electron chi connectivity index (χ3n) is 3.13. The molecule has 0 bridgehead atoms. The van der Waals surface area contributed by atoms with Gasteiger partial charge in [-0.2, -0.15) is 0 Å². The Morgan fingerprint density at radius 3 is 2.76 bits per heavy atom. The van der Waals surface area contributed by atoms with Gasteiger partial charge < -0.3 is 4.52 Å². The number of hydrogen-bond acceptors (Lipinski definition) is 5. The smallest absolute Gasteiger partial charge is 0.232 e. The molecule has 0 saturated heterocycles. The van der Waals surface area contributed by atoms with E-state index in [-0.39, 0.29) is 18.3 Å². The Hall–Kier alpha value is -2.76. The molecule has 2 heterocycles. The topological polar surface area (TPSA) is 80.9 Å². The maximum absolute atomic E-state index is 12.0. The zero-order chi connectivity index (χ0) is 14.8. The van der Waals surface area contributed by atoms with Gasteiger partial charge >= 0.3 is 0 Å². The lowest BCUT2D eigenvalue weighted by molar-refractivity contribution is -0.115. The number of aromatic nitrogens is 3. The number of anilines is 1. The van der Waals surface area contributed by atoms with Gasteiger partial charge in [-0.1, -0.05) is 11.2 Å². The van der Waals surface area contributed by atoms with Gasteiger partial charge in [0.15, 0.2) is 5.58 Å². The van der Waals surface area contributed by atoms with Crippen LogP contribution >= 0.6 is 0 Å². The van der Waals surface area contributed by atoms with Crippen molar-refractivity contribution in [3.05, 3.63) is 47.4 Å². The highest BCUT2D eigenvalue weighted by Crippen LogP contribution is 2.24. The van der Waals surface area contributed by atoms with E-state index >= 15 is 0 Å². The van der Waals surface area contributed by atoms with Crippen LogP contribution in [0.4, 0.5) is 5.95 Å². The Bertz CT molecular complexity index is 796. The number of rotatable bonds is 3. The summed E-state index contributed by atoms with van der Waals surface area (Å²) in [6.45, 7) is 3.97. The number of hydrogen-bond donors (Lipinski definition) is 1. The Morgan fingerprint density at radius 2 is 2.00 bits per heavy atom. The van der Waals surface area contributed by atoms with E-state index in [0.717, 1.165) is 16.5 Å². The molecule has 3 aromatic rings. The molecular formula is C15H14N4O2. The quantitative estimate of drug-likeness (QED) is 0.797. The van der Waals surface area contributed by atoms with Crippen LogP contribution in [-0.4, -0.2) is 21.0 Å². The molecule has 21 heavy (non-hydrogen) atoms. The number of nitrogens with zero attached hydrogens (tertiary/aromatic N) is 3. The normalized spacial score (nSPS) is 10.8. The minimum atomic E-state index is -0.226. The molecule has 1 aromatic carbocycles.